The van der Waals surface area contributed by atoms with Crippen molar-refractivity contribution in [3.05, 3.63) is 47.7 Å². The molecule has 1 amide bonds. The Kier molecular flexibility index (Phi) is 6.52. The average Bonchev–Trinajstić information content (AvgIpc) is 3.47. The average molecular weight is 552 g/mol. The predicted molar refractivity (Wildman–Crippen MR) is 149 cm³/mol. The molecular formula is C26H33N9O3S. The van der Waals surface area contributed by atoms with Gasteiger partial charge in [-0.2, -0.15) is 5.10 Å². The molecule has 0 bridgehead atoms. The molecule has 206 valence electrons. The van der Waals surface area contributed by atoms with Gasteiger partial charge in [0.15, 0.2) is 5.65 Å². The number of hydrogen-bond acceptors (Lipinski definition) is 8. The summed E-state index contributed by atoms with van der Waals surface area (Å²) in [6, 6.07) is 5.11. The van der Waals surface area contributed by atoms with Gasteiger partial charge in [-0.15, -0.1) is 0 Å². The summed E-state index contributed by atoms with van der Waals surface area (Å²) in [4.78, 5) is 24.8. The molecule has 1 saturated carbocycles. The molecule has 13 heteroatoms. The smallest absolute Gasteiger partial charge is 0.259 e. The molecule has 12 nitrogen and oxygen atoms in total. The molecule has 6 rings (SSSR count). The minimum atomic E-state index is -3.44. The maximum absolute atomic E-state index is 13.5. The van der Waals surface area contributed by atoms with E-state index < -0.39 is 10.0 Å². The molecule has 1 aliphatic heterocycles. The number of nitrogens with zero attached hydrogens (tertiary/aromatic N) is 6. The van der Waals surface area contributed by atoms with Crippen LogP contribution in [0, 0.1) is 6.92 Å². The van der Waals surface area contributed by atoms with Gasteiger partial charge in [-0.25, -0.2) is 23.1 Å². The lowest BCUT2D eigenvalue weighted by Crippen LogP contribution is -2.43. The minimum Gasteiger partial charge on any atom is -0.371 e. The molecule has 39 heavy (non-hydrogen) atoms. The summed E-state index contributed by atoms with van der Waals surface area (Å²) in [6.45, 7) is 3.70. The summed E-state index contributed by atoms with van der Waals surface area (Å²) in [5.74, 6) is -0.0584. The highest BCUT2D eigenvalue weighted by molar-refractivity contribution is 7.88. The highest BCUT2D eigenvalue weighted by Crippen LogP contribution is 2.32. The van der Waals surface area contributed by atoms with E-state index in [9.17, 15) is 13.2 Å². The van der Waals surface area contributed by atoms with Crippen LogP contribution in [0.5, 0.6) is 0 Å². The van der Waals surface area contributed by atoms with E-state index in [-0.39, 0.29) is 18.3 Å². The molecule has 1 aromatic carbocycles. The molecule has 2 aliphatic rings. The second-order valence-electron chi connectivity index (χ2n) is 10.6. The van der Waals surface area contributed by atoms with Gasteiger partial charge in [-0.05, 0) is 44.7 Å². The zero-order valence-electron chi connectivity index (χ0n) is 22.3. The van der Waals surface area contributed by atoms with Gasteiger partial charge in [0.1, 0.15) is 17.0 Å². The zero-order valence-corrected chi connectivity index (χ0v) is 23.1. The molecule has 0 spiro atoms. The Morgan fingerprint density at radius 1 is 1.05 bits per heavy atom. The number of amides is 1. The third-order valence-corrected chi connectivity index (χ3v) is 7.94. The number of aromatic nitrogens is 5. The summed E-state index contributed by atoms with van der Waals surface area (Å²) >= 11 is 0. The zero-order chi connectivity index (χ0) is 27.3. The van der Waals surface area contributed by atoms with Gasteiger partial charge in [0, 0.05) is 55.7 Å². The molecule has 2 fully saturated rings. The Labute approximate surface area is 226 Å². The van der Waals surface area contributed by atoms with Gasteiger partial charge in [0.2, 0.25) is 10.0 Å². The molecule has 3 aromatic heterocycles. The molecular weight excluding hydrogens is 518 g/mol. The monoisotopic (exact) mass is 551 g/mol. The Hall–Kier alpha value is -3.55. The molecule has 0 atom stereocenters. The second-order valence-corrected chi connectivity index (χ2v) is 12.5. The number of aryl methyl sites for hydroxylation is 2. The quantitative estimate of drug-likeness (QED) is 0.302. The third-order valence-electron chi connectivity index (χ3n) is 7.27. The van der Waals surface area contributed by atoms with Crippen molar-refractivity contribution in [1.82, 2.24) is 34.2 Å². The van der Waals surface area contributed by atoms with Crippen molar-refractivity contribution in [3.8, 4) is 0 Å². The van der Waals surface area contributed by atoms with Crippen molar-refractivity contribution in [3.63, 3.8) is 0 Å². The first kappa shape index (κ1) is 25.7. The van der Waals surface area contributed by atoms with Crippen molar-refractivity contribution >= 4 is 44.0 Å². The van der Waals surface area contributed by atoms with Gasteiger partial charge < -0.3 is 19.9 Å². The van der Waals surface area contributed by atoms with Crippen LogP contribution in [0.1, 0.15) is 47.4 Å². The van der Waals surface area contributed by atoms with Crippen molar-refractivity contribution in [2.75, 3.05) is 29.6 Å². The van der Waals surface area contributed by atoms with E-state index >= 15 is 0 Å². The third kappa shape index (κ3) is 5.60. The van der Waals surface area contributed by atoms with Crippen LogP contribution in [0.3, 0.4) is 0 Å². The first-order chi connectivity index (χ1) is 18.6. The van der Waals surface area contributed by atoms with E-state index in [1.165, 1.54) is 12.8 Å². The van der Waals surface area contributed by atoms with Gasteiger partial charge in [0.05, 0.1) is 30.3 Å². The van der Waals surface area contributed by atoms with Crippen molar-refractivity contribution in [1.29, 1.82) is 0 Å². The number of hydrogen-bond donors (Lipinski definition) is 3. The number of piperidine rings is 1. The molecule has 1 saturated heterocycles. The van der Waals surface area contributed by atoms with Crippen LogP contribution in [-0.2, 0) is 23.6 Å². The number of fused-ring (bicyclic) bond motifs is 2. The number of nitrogens with one attached hydrogen (secondary N) is 3. The minimum absolute atomic E-state index is 0.0471. The first-order valence-corrected chi connectivity index (χ1v) is 15.1. The van der Waals surface area contributed by atoms with Crippen LogP contribution in [0.4, 0.5) is 11.5 Å². The van der Waals surface area contributed by atoms with Crippen molar-refractivity contribution < 1.29 is 13.2 Å². The van der Waals surface area contributed by atoms with Crippen molar-refractivity contribution in [2.24, 2.45) is 7.05 Å². The summed E-state index contributed by atoms with van der Waals surface area (Å²) in [5.41, 5.74) is 3.84. The van der Waals surface area contributed by atoms with E-state index in [1.807, 2.05) is 32.3 Å². The summed E-state index contributed by atoms with van der Waals surface area (Å²) in [7, 11) is -1.58. The van der Waals surface area contributed by atoms with Crippen LogP contribution in [0.15, 0.2) is 30.7 Å². The van der Waals surface area contributed by atoms with Crippen LogP contribution >= 0.6 is 0 Å². The molecule has 0 unspecified atom stereocenters. The number of sulfonamides is 1. The Balaban J connectivity index is 1.26. The van der Waals surface area contributed by atoms with E-state index in [0.717, 1.165) is 49.0 Å². The highest BCUT2D eigenvalue weighted by atomic mass is 32.2. The maximum atomic E-state index is 13.5. The molecule has 0 radical (unpaired) electrons. The summed E-state index contributed by atoms with van der Waals surface area (Å²) in [6.07, 6.45) is 11.3. The largest absolute Gasteiger partial charge is 0.371 e. The second kappa shape index (κ2) is 9.88. The number of carbonyl (C=O) groups excluding carboxylic acids is 1. The number of benzene rings is 1. The van der Waals surface area contributed by atoms with E-state index in [4.69, 9.17) is 0 Å². The van der Waals surface area contributed by atoms with Crippen LogP contribution < -0.4 is 20.3 Å². The lowest BCUT2D eigenvalue weighted by atomic mass is 10.0. The molecule has 4 aromatic rings. The Bertz CT molecular complexity index is 1660. The normalized spacial score (nSPS) is 16.8. The maximum Gasteiger partial charge on any atom is 0.259 e. The van der Waals surface area contributed by atoms with Gasteiger partial charge in [-0.1, -0.05) is 0 Å². The van der Waals surface area contributed by atoms with E-state index in [0.29, 0.717) is 34.5 Å². The summed E-state index contributed by atoms with van der Waals surface area (Å²) < 4.78 is 29.3. The van der Waals surface area contributed by atoms with E-state index in [2.05, 4.69) is 35.3 Å². The van der Waals surface area contributed by atoms with Crippen LogP contribution in [0.25, 0.3) is 16.6 Å². The lowest BCUT2D eigenvalue weighted by Gasteiger charge is -2.34. The predicted octanol–water partition coefficient (Wildman–Crippen LogP) is 1.95. The van der Waals surface area contributed by atoms with Crippen LogP contribution in [0.2, 0.25) is 0 Å². The lowest BCUT2D eigenvalue weighted by molar-refractivity contribution is 0.102. The van der Waals surface area contributed by atoms with Gasteiger partial charge >= 0.3 is 0 Å². The molecule has 1 aliphatic carbocycles. The number of carbonyl (C=O) groups is 1. The Morgan fingerprint density at radius 2 is 1.79 bits per heavy atom. The van der Waals surface area contributed by atoms with Crippen molar-refractivity contribution in [2.45, 2.75) is 51.2 Å². The standard InChI is InChI=1S/C26H33N9O3S/c1-16-13-35-15-23(30-21(25(35)28-16)12-27-39(3,37)38)31-26(36)19-6-7-22(20-14-33(2)32-24(19)20)34-10-8-18(9-11-34)29-17-4-5-17/h6-7,13-15,17-18,27,29H,4-5,8-12H2,1-3H3,(H,31,36). The van der Waals surface area contributed by atoms with Gasteiger partial charge in [0.25, 0.3) is 5.91 Å². The topological polar surface area (TPSA) is 139 Å². The number of anilines is 2. The van der Waals surface area contributed by atoms with Gasteiger partial charge in [-0.3, -0.25) is 9.48 Å². The highest BCUT2D eigenvalue weighted by Gasteiger charge is 2.28. The fraction of sp³-hybridized carbons (Fsp3) is 0.462. The SMILES string of the molecule is Cc1cn2cc(NC(=O)c3ccc(N4CCC(NC5CC5)CC4)c4cn(C)nc34)nc(CNS(C)(=O)=O)c2n1. The number of rotatable bonds is 8. The molecule has 3 N–H and O–H groups in total. The fourth-order valence-corrected chi connectivity index (χ4v) is 5.68. The molecule has 4 heterocycles. The Morgan fingerprint density at radius 3 is 2.51 bits per heavy atom. The first-order valence-electron chi connectivity index (χ1n) is 13.2. The van der Waals surface area contributed by atoms with E-state index in [1.54, 1.807) is 21.5 Å². The fourth-order valence-electron chi connectivity index (χ4n) is 5.28. The van der Waals surface area contributed by atoms with Crippen LogP contribution in [-0.4, -0.2) is 69.9 Å². The number of imidazole rings is 1. The summed E-state index contributed by atoms with van der Waals surface area (Å²) in [5, 5.41) is 12.2.